The third-order valence-electron chi connectivity index (χ3n) is 12.8. The molecule has 0 saturated carbocycles. The van der Waals surface area contributed by atoms with Crippen LogP contribution in [0.4, 0.5) is 0 Å². The highest BCUT2D eigenvalue weighted by Crippen LogP contribution is 2.44. The molecule has 0 aliphatic carbocycles. The van der Waals surface area contributed by atoms with E-state index in [9.17, 15) is 5.53 Å². The number of hydrogen-bond acceptors (Lipinski definition) is 0. The maximum Gasteiger partial charge on any atom is 0.215 e. The molecule has 1 aliphatic rings. The van der Waals surface area contributed by atoms with Gasteiger partial charge in [0.1, 0.15) is 0 Å². The van der Waals surface area contributed by atoms with Gasteiger partial charge in [0, 0.05) is 16.7 Å². The smallest absolute Gasteiger partial charge is 0.215 e. The molecule has 330 valence electrons. The summed E-state index contributed by atoms with van der Waals surface area (Å²) in [4.78, 5) is 0. The second-order valence-electron chi connectivity index (χ2n) is 18.3. The lowest BCUT2D eigenvalue weighted by molar-refractivity contribution is -0.345. The molecule has 1 aliphatic heterocycles. The summed E-state index contributed by atoms with van der Waals surface area (Å²) in [5.74, 6) is 0. The first-order valence-electron chi connectivity index (χ1n) is 25.9. The van der Waals surface area contributed by atoms with Crippen molar-refractivity contribution in [3.05, 3.63) is 98.6 Å². The first kappa shape index (κ1) is 50.6. The molecule has 2 aromatic rings. The predicted octanol–water partition coefficient (Wildman–Crippen LogP) is 19.0. The molecule has 1 heterocycles. The van der Waals surface area contributed by atoms with Gasteiger partial charge in [0.25, 0.3) is 0 Å². The van der Waals surface area contributed by atoms with Gasteiger partial charge in [-0.05, 0) is 124 Å². The Labute approximate surface area is 366 Å². The van der Waals surface area contributed by atoms with Crippen LogP contribution in [0.3, 0.4) is 0 Å². The van der Waals surface area contributed by atoms with Crippen molar-refractivity contribution in [1.29, 1.82) is 0 Å². The number of benzene rings is 2. The average Bonchev–Trinajstić information content (AvgIpc) is 3.51. The summed E-state index contributed by atoms with van der Waals surface area (Å²) in [7, 11) is 0. The van der Waals surface area contributed by atoms with Crippen molar-refractivity contribution in [1.82, 2.24) is 0 Å². The van der Waals surface area contributed by atoms with E-state index in [0.29, 0.717) is 0 Å². The van der Waals surface area contributed by atoms with E-state index in [1.807, 2.05) is 0 Å². The molecule has 0 spiro atoms. The summed E-state index contributed by atoms with van der Waals surface area (Å²) in [5, 5.41) is 0. The summed E-state index contributed by atoms with van der Waals surface area (Å²) in [5.41, 5.74) is 25.6. The molecule has 0 atom stereocenters. The molecular weight excluding hydrogens is 713 g/mol. The maximum atomic E-state index is 12.8. The molecule has 0 N–H and O–H groups in total. The first-order chi connectivity index (χ1) is 29.0. The highest BCUT2D eigenvalue weighted by molar-refractivity contribution is 5.84. The van der Waals surface area contributed by atoms with Crippen molar-refractivity contribution in [2.24, 2.45) is 0 Å². The van der Waals surface area contributed by atoms with Gasteiger partial charge < -0.3 is 5.53 Å². The lowest BCUT2D eigenvalue weighted by Crippen LogP contribution is -2.05. The third-order valence-corrected chi connectivity index (χ3v) is 12.8. The molecule has 2 aromatic carbocycles. The Morgan fingerprint density at radius 1 is 0.373 bits per heavy atom. The van der Waals surface area contributed by atoms with E-state index < -0.39 is 0 Å². The predicted molar refractivity (Wildman–Crippen MR) is 262 cm³/mol. The molecule has 3 rings (SSSR count). The lowest BCUT2D eigenvalue weighted by atomic mass is 9.91. The van der Waals surface area contributed by atoms with Crippen molar-refractivity contribution in [3.63, 3.8) is 0 Å². The van der Waals surface area contributed by atoms with Gasteiger partial charge in [0.05, 0.1) is 5.57 Å². The SMILES string of the molecule is CCCCCCCCCCCCCC=CC1=C(c2cc(CCCCC)cc(CCCCC)c2)[N+](=[N-])C(c2cc(CCCCC)cc(CCCCC)c2)=C1CCCCCC. The summed E-state index contributed by atoms with van der Waals surface area (Å²) >= 11 is 0. The fourth-order valence-electron chi connectivity index (χ4n) is 9.18. The number of hydrogen-bond donors (Lipinski definition) is 0. The van der Waals surface area contributed by atoms with Crippen LogP contribution in [-0.2, 0) is 25.7 Å². The van der Waals surface area contributed by atoms with Crippen LogP contribution in [0.1, 0.15) is 261 Å². The lowest BCUT2D eigenvalue weighted by Gasteiger charge is -2.15. The number of rotatable bonds is 36. The molecule has 0 fully saturated rings. The highest BCUT2D eigenvalue weighted by atomic mass is 15.2. The molecule has 0 aromatic heterocycles. The van der Waals surface area contributed by atoms with E-state index in [4.69, 9.17) is 0 Å². The van der Waals surface area contributed by atoms with E-state index in [1.54, 1.807) is 4.70 Å². The van der Waals surface area contributed by atoms with E-state index in [-0.39, 0.29) is 0 Å². The monoisotopic (exact) mass is 805 g/mol. The number of aryl methyl sites for hydroxylation is 4. The maximum absolute atomic E-state index is 12.8. The Bertz CT molecular complexity index is 1480. The van der Waals surface area contributed by atoms with E-state index in [0.717, 1.165) is 56.3 Å². The summed E-state index contributed by atoms with van der Waals surface area (Å²) in [6.45, 7) is 13.8. The summed E-state index contributed by atoms with van der Waals surface area (Å²) in [6, 6.07) is 14.7. The van der Waals surface area contributed by atoms with E-state index in [2.05, 4.69) is 90.1 Å². The number of unbranched alkanes of at least 4 members (excludes halogenated alkanes) is 22. The Kier molecular flexibility index (Phi) is 27.5. The summed E-state index contributed by atoms with van der Waals surface area (Å²) < 4.78 is 1.67. The van der Waals surface area contributed by atoms with Crippen LogP contribution in [0, 0.1) is 0 Å². The van der Waals surface area contributed by atoms with Crippen LogP contribution < -0.4 is 0 Å². The van der Waals surface area contributed by atoms with Crippen LogP contribution in [0.15, 0.2) is 59.7 Å². The minimum Gasteiger partial charge on any atom is -0.493 e. The molecule has 2 heteroatoms. The Morgan fingerprint density at radius 3 is 1.10 bits per heavy atom. The largest absolute Gasteiger partial charge is 0.493 e. The fourth-order valence-corrected chi connectivity index (χ4v) is 9.18. The highest BCUT2D eigenvalue weighted by Gasteiger charge is 2.35. The number of allylic oxidation sites excluding steroid dienone is 4. The second-order valence-corrected chi connectivity index (χ2v) is 18.3. The molecule has 59 heavy (non-hydrogen) atoms. The van der Waals surface area contributed by atoms with Gasteiger partial charge in [-0.2, -0.15) is 0 Å². The van der Waals surface area contributed by atoms with Crippen LogP contribution in [0.25, 0.3) is 16.9 Å². The minimum atomic E-state index is 0.999. The van der Waals surface area contributed by atoms with Crippen molar-refractivity contribution >= 4 is 11.4 Å². The van der Waals surface area contributed by atoms with Crippen molar-refractivity contribution in [3.8, 4) is 0 Å². The normalized spacial score (nSPS) is 13.3. The zero-order valence-corrected chi connectivity index (χ0v) is 39.8. The van der Waals surface area contributed by atoms with Crippen molar-refractivity contribution < 1.29 is 4.70 Å². The van der Waals surface area contributed by atoms with E-state index >= 15 is 0 Å². The van der Waals surface area contributed by atoms with Gasteiger partial charge in [-0.1, -0.05) is 201 Å². The summed E-state index contributed by atoms with van der Waals surface area (Å²) in [6.07, 6.45) is 46.3. The molecule has 0 saturated heterocycles. The van der Waals surface area contributed by atoms with Gasteiger partial charge in [-0.3, -0.25) is 0 Å². The molecule has 0 bridgehead atoms. The van der Waals surface area contributed by atoms with Gasteiger partial charge in [0.2, 0.25) is 11.4 Å². The Morgan fingerprint density at radius 2 is 0.695 bits per heavy atom. The fraction of sp³-hybridized carbons (Fsp3) is 0.684. The molecule has 0 radical (unpaired) electrons. The molecular formula is C57H92N2. The van der Waals surface area contributed by atoms with Crippen LogP contribution >= 0.6 is 0 Å². The van der Waals surface area contributed by atoms with E-state index in [1.165, 1.54) is 211 Å². The number of nitrogens with zero attached hydrogens (tertiary/aromatic N) is 2. The average molecular weight is 805 g/mol. The minimum absolute atomic E-state index is 0.999. The first-order valence-corrected chi connectivity index (χ1v) is 25.9. The van der Waals surface area contributed by atoms with Gasteiger partial charge >= 0.3 is 0 Å². The standard InChI is InChI=1S/C57H92N2/c1-7-13-19-21-22-23-24-25-26-27-28-29-35-41-55-54(40-34-20-14-8-2)56(52-44-48(36-30-15-9-3)42-49(45-52)37-31-16-10-4)59(58)57(55)53-46-50(38-32-17-11-5)43-51(47-53)39-33-18-12-6/h35,41-47H,7-34,36-40H2,1-6H3. The quantitative estimate of drug-likeness (QED) is 0.0484. The Balaban J connectivity index is 2.07. The third kappa shape index (κ3) is 19.2. The van der Waals surface area contributed by atoms with Crippen molar-refractivity contribution in [2.45, 2.75) is 253 Å². The molecule has 0 amide bonds. The second kappa shape index (κ2) is 32.0. The van der Waals surface area contributed by atoms with Crippen LogP contribution in [0.2, 0.25) is 0 Å². The molecule has 2 nitrogen and oxygen atoms in total. The zero-order valence-electron chi connectivity index (χ0n) is 39.8. The zero-order chi connectivity index (χ0) is 42.3. The van der Waals surface area contributed by atoms with Gasteiger partial charge in [-0.25, -0.2) is 4.70 Å². The van der Waals surface area contributed by atoms with Crippen molar-refractivity contribution in [2.75, 3.05) is 0 Å². The van der Waals surface area contributed by atoms with Crippen LogP contribution in [-0.4, -0.2) is 4.70 Å². The molecule has 0 unspecified atom stereocenters. The van der Waals surface area contributed by atoms with Gasteiger partial charge in [0.15, 0.2) is 0 Å². The van der Waals surface area contributed by atoms with Gasteiger partial charge in [-0.15, -0.1) is 0 Å². The topological polar surface area (TPSA) is 25.3 Å². The van der Waals surface area contributed by atoms with Crippen LogP contribution in [0.5, 0.6) is 0 Å². The Hall–Kier alpha value is -2.74.